The fourth-order valence-electron chi connectivity index (χ4n) is 1.92. The maximum atomic E-state index is 5.68. The maximum Gasteiger partial charge on any atom is 0.0709 e. The van der Waals surface area contributed by atoms with Gasteiger partial charge in [-0.2, -0.15) is 5.10 Å². The molecule has 3 N–H and O–H groups in total. The van der Waals surface area contributed by atoms with E-state index in [4.69, 9.17) is 10.6 Å². The summed E-state index contributed by atoms with van der Waals surface area (Å²) in [5, 5.41) is 4.40. The molecule has 0 bridgehead atoms. The van der Waals surface area contributed by atoms with Gasteiger partial charge in [-0.05, 0) is 42.9 Å². The minimum absolute atomic E-state index is 0.0780. The van der Waals surface area contributed by atoms with Gasteiger partial charge in [0.05, 0.1) is 29.0 Å². The molecule has 0 spiro atoms. The highest BCUT2D eigenvalue weighted by atomic mass is 79.9. The Kier molecular flexibility index (Phi) is 7.55. The molecule has 1 aromatic heterocycles. The molecule has 6 nitrogen and oxygen atoms in total. The maximum absolute atomic E-state index is 5.68. The van der Waals surface area contributed by atoms with E-state index in [2.05, 4.69) is 45.4 Å². The van der Waals surface area contributed by atoms with Gasteiger partial charge < -0.3 is 9.64 Å². The van der Waals surface area contributed by atoms with E-state index in [9.17, 15) is 0 Å². The fourth-order valence-corrected chi connectivity index (χ4v) is 2.49. The van der Waals surface area contributed by atoms with Gasteiger partial charge in [-0.3, -0.25) is 16.0 Å². The van der Waals surface area contributed by atoms with E-state index in [-0.39, 0.29) is 6.04 Å². The first kappa shape index (κ1) is 16.6. The molecule has 0 fully saturated rings. The van der Waals surface area contributed by atoms with Gasteiger partial charge in [0, 0.05) is 20.3 Å². The van der Waals surface area contributed by atoms with Crippen molar-refractivity contribution in [1.82, 2.24) is 20.1 Å². The van der Waals surface area contributed by atoms with Crippen LogP contribution in [-0.4, -0.2) is 49.0 Å². The number of nitrogens with one attached hydrogen (secondary N) is 1. The third-order valence-corrected chi connectivity index (χ3v) is 3.58. The first-order valence-electron chi connectivity index (χ1n) is 6.41. The smallest absolute Gasteiger partial charge is 0.0709 e. The standard InChI is InChI=1S/C12H24BrN5O/c1-17(2)6-7-18-12(10(13)9-15-18)11(16-14)5-4-8-19-3/h9,11,16H,4-8,14H2,1-3H3. The zero-order valence-corrected chi connectivity index (χ0v) is 13.5. The SMILES string of the molecule is COCCCC(NN)c1c(Br)cnn1CCN(C)C. The van der Waals surface area contributed by atoms with E-state index in [1.54, 1.807) is 7.11 Å². The van der Waals surface area contributed by atoms with Crippen LogP contribution >= 0.6 is 15.9 Å². The average Bonchev–Trinajstić information content (AvgIpc) is 2.74. The Morgan fingerprint density at radius 1 is 1.58 bits per heavy atom. The van der Waals surface area contributed by atoms with Crippen molar-refractivity contribution in [2.45, 2.75) is 25.4 Å². The van der Waals surface area contributed by atoms with Crippen LogP contribution in [0.5, 0.6) is 0 Å². The number of rotatable bonds is 9. The Hall–Kier alpha value is -0.470. The summed E-state index contributed by atoms with van der Waals surface area (Å²) in [6.07, 6.45) is 3.69. The first-order chi connectivity index (χ1) is 9.10. The van der Waals surface area contributed by atoms with E-state index < -0.39 is 0 Å². The third-order valence-electron chi connectivity index (χ3n) is 2.96. The Labute approximate surface area is 123 Å². The molecule has 1 rings (SSSR count). The van der Waals surface area contributed by atoms with Gasteiger partial charge in [0.1, 0.15) is 0 Å². The fraction of sp³-hybridized carbons (Fsp3) is 0.750. The predicted molar refractivity (Wildman–Crippen MR) is 79.7 cm³/mol. The van der Waals surface area contributed by atoms with Gasteiger partial charge in [0.25, 0.3) is 0 Å². The molecule has 1 heterocycles. The van der Waals surface area contributed by atoms with Crippen molar-refractivity contribution in [1.29, 1.82) is 0 Å². The number of likely N-dealkylation sites (N-methyl/N-ethyl adjacent to an activating group) is 1. The van der Waals surface area contributed by atoms with E-state index in [1.807, 2.05) is 10.9 Å². The third kappa shape index (κ3) is 5.19. The highest BCUT2D eigenvalue weighted by Gasteiger charge is 2.18. The molecule has 19 heavy (non-hydrogen) atoms. The molecule has 1 aromatic rings. The van der Waals surface area contributed by atoms with Gasteiger partial charge in [-0.1, -0.05) is 0 Å². The monoisotopic (exact) mass is 333 g/mol. The topological polar surface area (TPSA) is 68.3 Å². The molecule has 0 saturated heterocycles. The van der Waals surface area contributed by atoms with Crippen LogP contribution in [0.15, 0.2) is 10.7 Å². The highest BCUT2D eigenvalue weighted by molar-refractivity contribution is 9.10. The molecule has 0 aliphatic carbocycles. The van der Waals surface area contributed by atoms with E-state index in [0.29, 0.717) is 0 Å². The van der Waals surface area contributed by atoms with Crippen molar-refractivity contribution in [2.75, 3.05) is 34.4 Å². The zero-order valence-electron chi connectivity index (χ0n) is 11.9. The number of halogens is 1. The summed E-state index contributed by atoms with van der Waals surface area (Å²) in [6, 6.07) is 0.0780. The predicted octanol–water partition coefficient (Wildman–Crippen LogP) is 1.14. The number of nitrogens with two attached hydrogens (primary N) is 1. The van der Waals surface area contributed by atoms with Crippen LogP contribution in [0, 0.1) is 0 Å². The summed E-state index contributed by atoms with van der Waals surface area (Å²) in [5.41, 5.74) is 3.97. The van der Waals surface area contributed by atoms with Gasteiger partial charge in [-0.15, -0.1) is 0 Å². The van der Waals surface area contributed by atoms with Gasteiger partial charge in [0.2, 0.25) is 0 Å². The minimum atomic E-state index is 0.0780. The van der Waals surface area contributed by atoms with Crippen molar-refractivity contribution in [2.24, 2.45) is 5.84 Å². The first-order valence-corrected chi connectivity index (χ1v) is 7.20. The normalized spacial score (nSPS) is 13.2. The van der Waals surface area contributed by atoms with Gasteiger partial charge in [0.15, 0.2) is 0 Å². The average molecular weight is 334 g/mol. The number of methoxy groups -OCH3 is 1. The summed E-state index contributed by atoms with van der Waals surface area (Å²) in [4.78, 5) is 2.13. The van der Waals surface area contributed by atoms with Gasteiger partial charge in [-0.25, -0.2) is 0 Å². The molecule has 110 valence electrons. The Bertz CT molecular complexity index is 369. The Morgan fingerprint density at radius 3 is 2.89 bits per heavy atom. The van der Waals surface area contributed by atoms with Crippen LogP contribution in [0.4, 0.5) is 0 Å². The summed E-state index contributed by atoms with van der Waals surface area (Å²) in [7, 11) is 5.81. The number of aromatic nitrogens is 2. The number of hydrogen-bond acceptors (Lipinski definition) is 5. The molecule has 1 unspecified atom stereocenters. The lowest BCUT2D eigenvalue weighted by molar-refractivity contribution is 0.188. The minimum Gasteiger partial charge on any atom is -0.385 e. The Morgan fingerprint density at radius 2 is 2.32 bits per heavy atom. The number of ether oxygens (including phenoxy) is 1. The van der Waals surface area contributed by atoms with Crippen LogP contribution in [-0.2, 0) is 11.3 Å². The summed E-state index contributed by atoms with van der Waals surface area (Å²) >= 11 is 3.55. The molecule has 0 aliphatic rings. The molecule has 0 saturated carbocycles. The van der Waals surface area contributed by atoms with Gasteiger partial charge >= 0.3 is 0 Å². The molecule has 7 heteroatoms. The van der Waals surface area contributed by atoms with Crippen LogP contribution in [0.25, 0.3) is 0 Å². The van der Waals surface area contributed by atoms with Crippen LogP contribution in [0.2, 0.25) is 0 Å². The van der Waals surface area contributed by atoms with Crippen molar-refractivity contribution < 1.29 is 4.74 Å². The van der Waals surface area contributed by atoms with E-state index in [1.165, 1.54) is 0 Å². The second-order valence-corrected chi connectivity index (χ2v) is 5.61. The molecular formula is C12H24BrN5O. The van der Waals surface area contributed by atoms with Crippen molar-refractivity contribution >= 4 is 15.9 Å². The quantitative estimate of drug-likeness (QED) is 0.403. The molecule has 0 radical (unpaired) electrons. The lowest BCUT2D eigenvalue weighted by Crippen LogP contribution is -2.31. The van der Waals surface area contributed by atoms with Crippen molar-refractivity contribution in [3.63, 3.8) is 0 Å². The Balaban J connectivity index is 2.74. The van der Waals surface area contributed by atoms with E-state index >= 15 is 0 Å². The second kappa shape index (κ2) is 8.65. The zero-order chi connectivity index (χ0) is 14.3. The summed E-state index contributed by atoms with van der Waals surface area (Å²) in [5.74, 6) is 5.68. The largest absolute Gasteiger partial charge is 0.385 e. The molecule has 0 aliphatic heterocycles. The summed E-state index contributed by atoms with van der Waals surface area (Å²) < 4.78 is 8.08. The molecule has 0 amide bonds. The van der Waals surface area contributed by atoms with Crippen LogP contribution < -0.4 is 11.3 Å². The lowest BCUT2D eigenvalue weighted by Gasteiger charge is -2.19. The van der Waals surface area contributed by atoms with Crippen molar-refractivity contribution in [3.8, 4) is 0 Å². The van der Waals surface area contributed by atoms with E-state index in [0.717, 1.165) is 42.7 Å². The van der Waals surface area contributed by atoms with Crippen molar-refractivity contribution in [3.05, 3.63) is 16.4 Å². The molecular weight excluding hydrogens is 310 g/mol. The second-order valence-electron chi connectivity index (χ2n) is 4.76. The number of hydrazine groups is 1. The van der Waals surface area contributed by atoms with Crippen LogP contribution in [0.1, 0.15) is 24.6 Å². The summed E-state index contributed by atoms with van der Waals surface area (Å²) in [6.45, 7) is 2.52. The van der Waals surface area contributed by atoms with Crippen LogP contribution in [0.3, 0.4) is 0 Å². The lowest BCUT2D eigenvalue weighted by atomic mass is 10.1. The number of nitrogens with zero attached hydrogens (tertiary/aromatic N) is 3. The highest BCUT2D eigenvalue weighted by Crippen LogP contribution is 2.26. The molecule has 0 aromatic carbocycles. The molecule has 1 atom stereocenters. The number of hydrogen-bond donors (Lipinski definition) is 2.